The first-order valence-corrected chi connectivity index (χ1v) is 5.92. The fraction of sp³-hybridized carbons (Fsp3) is 0.143. The van der Waals surface area contributed by atoms with E-state index in [2.05, 4.69) is 0 Å². The zero-order valence-corrected chi connectivity index (χ0v) is 10.5. The molecule has 0 saturated heterocycles. The third-order valence-electron chi connectivity index (χ3n) is 2.52. The molecular weight excluding hydrogens is 253 g/mol. The molecule has 2 N–H and O–H groups in total. The van der Waals surface area contributed by atoms with Crippen molar-refractivity contribution in [3.8, 4) is 5.75 Å². The van der Waals surface area contributed by atoms with Crippen LogP contribution >= 0.6 is 11.6 Å². The van der Waals surface area contributed by atoms with Crippen molar-refractivity contribution in [2.75, 3.05) is 0 Å². The number of ether oxygens (including phenoxy) is 1. The Hall–Kier alpha value is -1.58. The van der Waals surface area contributed by atoms with E-state index in [-0.39, 0.29) is 12.4 Å². The molecule has 0 bridgehead atoms. The molecular formula is C14H13ClFNO. The van der Waals surface area contributed by atoms with Gasteiger partial charge < -0.3 is 10.5 Å². The fourth-order valence-corrected chi connectivity index (χ4v) is 1.79. The fourth-order valence-electron chi connectivity index (χ4n) is 1.60. The lowest BCUT2D eigenvalue weighted by atomic mass is 10.2. The molecule has 0 saturated carbocycles. The first-order valence-electron chi connectivity index (χ1n) is 5.55. The maximum absolute atomic E-state index is 13.3. The molecule has 0 amide bonds. The Kier molecular flexibility index (Phi) is 4.18. The van der Waals surface area contributed by atoms with E-state index in [0.717, 1.165) is 5.56 Å². The molecule has 0 heterocycles. The molecule has 18 heavy (non-hydrogen) atoms. The zero-order valence-electron chi connectivity index (χ0n) is 9.70. The predicted octanol–water partition coefficient (Wildman–Crippen LogP) is 3.52. The number of rotatable bonds is 4. The molecule has 0 aromatic heterocycles. The van der Waals surface area contributed by atoms with Gasteiger partial charge in [0.25, 0.3) is 0 Å². The van der Waals surface area contributed by atoms with Crippen molar-refractivity contribution in [2.45, 2.75) is 13.2 Å². The van der Waals surface area contributed by atoms with Crippen LogP contribution < -0.4 is 10.5 Å². The van der Waals surface area contributed by atoms with Gasteiger partial charge in [-0.05, 0) is 23.8 Å². The summed E-state index contributed by atoms with van der Waals surface area (Å²) in [7, 11) is 0. The number of hydrogen-bond acceptors (Lipinski definition) is 2. The molecule has 2 rings (SSSR count). The van der Waals surface area contributed by atoms with E-state index in [1.165, 1.54) is 12.1 Å². The smallest absolute Gasteiger partial charge is 0.127 e. The monoisotopic (exact) mass is 265 g/mol. The van der Waals surface area contributed by atoms with Crippen LogP contribution in [0.15, 0.2) is 42.5 Å². The van der Waals surface area contributed by atoms with Crippen LogP contribution in [0.25, 0.3) is 0 Å². The van der Waals surface area contributed by atoms with E-state index in [4.69, 9.17) is 22.1 Å². The van der Waals surface area contributed by atoms with Crippen molar-refractivity contribution in [1.29, 1.82) is 0 Å². The number of benzene rings is 2. The topological polar surface area (TPSA) is 35.2 Å². The minimum absolute atomic E-state index is 0.278. The van der Waals surface area contributed by atoms with Gasteiger partial charge in [0, 0.05) is 23.2 Å². The van der Waals surface area contributed by atoms with Crippen LogP contribution in [0, 0.1) is 5.82 Å². The Bertz CT molecular complexity index is 545. The van der Waals surface area contributed by atoms with E-state index in [9.17, 15) is 4.39 Å². The first kappa shape index (κ1) is 12.9. The Morgan fingerprint density at radius 3 is 2.67 bits per heavy atom. The standard InChI is InChI=1S/C14H13ClFNO/c15-14-4-2-1-3-11(14)9-18-13-6-10(8-17)5-12(16)7-13/h1-7H,8-9,17H2. The molecule has 0 unspecified atom stereocenters. The highest BCUT2D eigenvalue weighted by atomic mass is 35.5. The normalized spacial score (nSPS) is 10.4. The average Bonchev–Trinajstić information content (AvgIpc) is 2.37. The Morgan fingerprint density at radius 1 is 1.17 bits per heavy atom. The summed E-state index contributed by atoms with van der Waals surface area (Å²) in [4.78, 5) is 0. The van der Waals surface area contributed by atoms with Crippen LogP contribution in [-0.2, 0) is 13.2 Å². The van der Waals surface area contributed by atoms with E-state index in [1.807, 2.05) is 18.2 Å². The highest BCUT2D eigenvalue weighted by Crippen LogP contribution is 2.20. The minimum Gasteiger partial charge on any atom is -0.489 e. The van der Waals surface area contributed by atoms with Gasteiger partial charge in [-0.1, -0.05) is 29.8 Å². The quantitative estimate of drug-likeness (QED) is 0.918. The Balaban J connectivity index is 2.11. The van der Waals surface area contributed by atoms with Crippen LogP contribution in [0.2, 0.25) is 5.02 Å². The summed E-state index contributed by atoms with van der Waals surface area (Å²) in [6.45, 7) is 0.577. The largest absolute Gasteiger partial charge is 0.489 e. The molecule has 94 valence electrons. The van der Waals surface area contributed by atoms with Gasteiger partial charge in [-0.2, -0.15) is 0 Å². The summed E-state index contributed by atoms with van der Waals surface area (Å²) in [6, 6.07) is 11.8. The van der Waals surface area contributed by atoms with Crippen LogP contribution in [0.3, 0.4) is 0 Å². The maximum Gasteiger partial charge on any atom is 0.127 e. The van der Waals surface area contributed by atoms with Gasteiger partial charge in [0.1, 0.15) is 18.2 Å². The van der Waals surface area contributed by atoms with E-state index in [1.54, 1.807) is 12.1 Å². The number of halogens is 2. The lowest BCUT2D eigenvalue weighted by Gasteiger charge is -2.09. The van der Waals surface area contributed by atoms with Crippen molar-refractivity contribution in [3.05, 3.63) is 64.4 Å². The van der Waals surface area contributed by atoms with Crippen LogP contribution in [0.1, 0.15) is 11.1 Å². The van der Waals surface area contributed by atoms with Gasteiger partial charge in [0.15, 0.2) is 0 Å². The first-order chi connectivity index (χ1) is 8.69. The summed E-state index contributed by atoms with van der Waals surface area (Å²) in [5.41, 5.74) is 7.03. The van der Waals surface area contributed by atoms with Crippen molar-refractivity contribution in [2.24, 2.45) is 5.73 Å². The Morgan fingerprint density at radius 2 is 1.94 bits per heavy atom. The van der Waals surface area contributed by atoms with Gasteiger partial charge >= 0.3 is 0 Å². The molecule has 4 heteroatoms. The third-order valence-corrected chi connectivity index (χ3v) is 2.89. The number of nitrogens with two attached hydrogens (primary N) is 1. The lowest BCUT2D eigenvalue weighted by Crippen LogP contribution is -2.00. The highest BCUT2D eigenvalue weighted by molar-refractivity contribution is 6.31. The molecule has 0 atom stereocenters. The van der Waals surface area contributed by atoms with E-state index >= 15 is 0 Å². The van der Waals surface area contributed by atoms with Crippen LogP contribution in [0.4, 0.5) is 4.39 Å². The zero-order chi connectivity index (χ0) is 13.0. The molecule has 0 aliphatic carbocycles. The summed E-state index contributed by atoms with van der Waals surface area (Å²) >= 11 is 6.01. The third kappa shape index (κ3) is 3.22. The summed E-state index contributed by atoms with van der Waals surface area (Å²) in [6.07, 6.45) is 0. The molecule has 2 nitrogen and oxygen atoms in total. The second-order valence-electron chi connectivity index (χ2n) is 3.88. The number of hydrogen-bond donors (Lipinski definition) is 1. The average molecular weight is 266 g/mol. The van der Waals surface area contributed by atoms with Crippen LogP contribution in [0.5, 0.6) is 5.75 Å². The maximum atomic E-state index is 13.3. The van der Waals surface area contributed by atoms with Gasteiger partial charge in [-0.3, -0.25) is 0 Å². The van der Waals surface area contributed by atoms with Crippen LogP contribution in [-0.4, -0.2) is 0 Å². The molecule has 2 aromatic carbocycles. The molecule has 2 aromatic rings. The summed E-state index contributed by atoms with van der Waals surface area (Å²) < 4.78 is 18.8. The van der Waals surface area contributed by atoms with Crippen molar-refractivity contribution in [3.63, 3.8) is 0 Å². The van der Waals surface area contributed by atoms with Gasteiger partial charge in [-0.25, -0.2) is 4.39 Å². The van der Waals surface area contributed by atoms with E-state index in [0.29, 0.717) is 22.9 Å². The SMILES string of the molecule is NCc1cc(F)cc(OCc2ccccc2Cl)c1. The predicted molar refractivity (Wildman–Crippen MR) is 70.1 cm³/mol. The van der Waals surface area contributed by atoms with E-state index < -0.39 is 0 Å². The lowest BCUT2D eigenvalue weighted by molar-refractivity contribution is 0.304. The second kappa shape index (κ2) is 5.85. The molecule has 0 fully saturated rings. The van der Waals surface area contributed by atoms with Crippen molar-refractivity contribution in [1.82, 2.24) is 0 Å². The molecule has 0 aliphatic rings. The van der Waals surface area contributed by atoms with Gasteiger partial charge in [0.05, 0.1) is 0 Å². The Labute approximate surface area is 110 Å². The molecule has 0 radical (unpaired) electrons. The molecule has 0 aliphatic heterocycles. The molecule has 0 spiro atoms. The summed E-state index contributed by atoms with van der Waals surface area (Å²) in [5, 5.41) is 0.632. The van der Waals surface area contributed by atoms with Crippen molar-refractivity contribution >= 4 is 11.6 Å². The highest BCUT2D eigenvalue weighted by Gasteiger charge is 2.03. The van der Waals surface area contributed by atoms with Gasteiger partial charge in [0.2, 0.25) is 0 Å². The minimum atomic E-state index is -0.355. The van der Waals surface area contributed by atoms with Crippen molar-refractivity contribution < 1.29 is 9.13 Å². The van der Waals surface area contributed by atoms with Gasteiger partial charge in [-0.15, -0.1) is 0 Å². The second-order valence-corrected chi connectivity index (χ2v) is 4.29. The summed E-state index contributed by atoms with van der Waals surface area (Å²) in [5.74, 6) is 0.0995.